The zero-order chi connectivity index (χ0) is 37.7. The fourth-order valence-electron chi connectivity index (χ4n) is 6.35. The van der Waals surface area contributed by atoms with Crippen LogP contribution in [0.4, 0.5) is 24.8 Å². The van der Waals surface area contributed by atoms with Gasteiger partial charge in [0.2, 0.25) is 5.82 Å². The number of rotatable bonds is 3. The van der Waals surface area contributed by atoms with Gasteiger partial charge in [-0.1, -0.05) is 24.6 Å². The van der Waals surface area contributed by atoms with Gasteiger partial charge in [0.05, 0.1) is 45.9 Å². The number of nitriles is 2. The molecular formula is C37H37ClFN7O5S. The summed E-state index contributed by atoms with van der Waals surface area (Å²) in [4.78, 5) is 41.4. The molecule has 4 aromatic rings. The molecule has 0 aliphatic carbocycles. The fourth-order valence-corrected chi connectivity index (χ4v) is 7.77. The number of benzene rings is 2. The van der Waals surface area contributed by atoms with Gasteiger partial charge in [-0.3, -0.25) is 5.32 Å². The van der Waals surface area contributed by atoms with Gasteiger partial charge in [0.15, 0.2) is 5.82 Å². The Bertz CT molecular complexity index is 2260. The van der Waals surface area contributed by atoms with Gasteiger partial charge < -0.3 is 19.1 Å². The SMILES string of the molecule is CC1CC/C(=N\c2nc(C#N)nc3c(Cl)c(-c4ccc(F)c5sc(NC(=O)OC(C)(C)C)c(C#N)c45)c4c(c23)COC4)CN(C(=O)OC(C)(C)C)C1. The van der Waals surface area contributed by atoms with Gasteiger partial charge in [-0.15, -0.1) is 11.3 Å². The molecule has 2 aromatic heterocycles. The smallest absolute Gasteiger partial charge is 0.412 e. The molecule has 4 heterocycles. The average Bonchev–Trinajstić information content (AvgIpc) is 3.62. The highest BCUT2D eigenvalue weighted by Gasteiger charge is 2.32. The lowest BCUT2D eigenvalue weighted by molar-refractivity contribution is 0.0260. The molecule has 6 rings (SSSR count). The number of hydrogen-bond donors (Lipinski definition) is 1. The van der Waals surface area contributed by atoms with Gasteiger partial charge >= 0.3 is 12.2 Å². The molecule has 0 saturated carbocycles. The van der Waals surface area contributed by atoms with Gasteiger partial charge in [0, 0.05) is 23.2 Å². The Kier molecular flexibility index (Phi) is 9.87. The number of ether oxygens (including phenoxy) is 3. The van der Waals surface area contributed by atoms with Crippen molar-refractivity contribution in [2.75, 3.05) is 18.4 Å². The topological polar surface area (TPSA) is 163 Å². The summed E-state index contributed by atoms with van der Waals surface area (Å²) in [6.45, 7) is 13.6. The maximum absolute atomic E-state index is 15.4. The molecule has 15 heteroatoms. The lowest BCUT2D eigenvalue weighted by Crippen LogP contribution is -2.40. The summed E-state index contributed by atoms with van der Waals surface area (Å²) >= 11 is 8.15. The van der Waals surface area contributed by atoms with Gasteiger partial charge in [-0.25, -0.2) is 24.0 Å². The summed E-state index contributed by atoms with van der Waals surface area (Å²) in [7, 11) is 0. The Balaban J connectivity index is 1.54. The highest BCUT2D eigenvalue weighted by atomic mass is 35.5. The van der Waals surface area contributed by atoms with E-state index in [0.717, 1.165) is 17.8 Å². The van der Waals surface area contributed by atoms with Crippen LogP contribution < -0.4 is 5.32 Å². The van der Waals surface area contributed by atoms with Crippen LogP contribution in [0, 0.1) is 34.4 Å². The second-order valence-corrected chi connectivity index (χ2v) is 16.3. The number of carbonyl (C=O) groups is 2. The minimum absolute atomic E-state index is 0.0359. The summed E-state index contributed by atoms with van der Waals surface area (Å²) in [6.07, 6.45) is 0.121. The van der Waals surface area contributed by atoms with E-state index in [1.54, 1.807) is 25.7 Å². The molecule has 1 fully saturated rings. The molecule has 2 aliphatic heterocycles. The third-order valence-corrected chi connectivity index (χ3v) is 9.89. The van der Waals surface area contributed by atoms with Crippen molar-refractivity contribution in [1.29, 1.82) is 10.5 Å². The number of likely N-dealkylation sites (tertiary alicyclic amines) is 1. The quantitative estimate of drug-likeness (QED) is 0.215. The van der Waals surface area contributed by atoms with Crippen LogP contribution in [0.25, 0.3) is 32.1 Å². The van der Waals surface area contributed by atoms with E-state index in [2.05, 4.69) is 28.3 Å². The first-order valence-electron chi connectivity index (χ1n) is 16.7. The van der Waals surface area contributed by atoms with E-state index in [4.69, 9.17) is 30.8 Å². The van der Waals surface area contributed by atoms with Crippen LogP contribution in [0.3, 0.4) is 0 Å². The van der Waals surface area contributed by atoms with Crippen molar-refractivity contribution in [3.05, 3.63) is 45.5 Å². The van der Waals surface area contributed by atoms with E-state index < -0.39 is 29.2 Å². The molecule has 12 nitrogen and oxygen atoms in total. The zero-order valence-corrected chi connectivity index (χ0v) is 31.4. The van der Waals surface area contributed by atoms with Crippen molar-refractivity contribution in [3.63, 3.8) is 0 Å². The number of halogens is 2. The van der Waals surface area contributed by atoms with E-state index in [-0.39, 0.29) is 68.5 Å². The van der Waals surface area contributed by atoms with Crippen molar-refractivity contribution in [3.8, 4) is 23.3 Å². The molecule has 2 aliphatic rings. The summed E-state index contributed by atoms with van der Waals surface area (Å²) < 4.78 is 32.6. The van der Waals surface area contributed by atoms with Crippen molar-refractivity contribution < 1.29 is 28.2 Å². The first kappa shape index (κ1) is 36.9. The first-order valence-corrected chi connectivity index (χ1v) is 17.9. The molecule has 1 N–H and O–H groups in total. The third kappa shape index (κ3) is 7.37. The maximum Gasteiger partial charge on any atom is 0.412 e. The van der Waals surface area contributed by atoms with Gasteiger partial charge in [-0.05, 0) is 83.1 Å². The number of thiophene rings is 1. The molecule has 0 radical (unpaired) electrons. The average molecular weight is 746 g/mol. The van der Waals surface area contributed by atoms with Crippen molar-refractivity contribution >= 4 is 72.6 Å². The van der Waals surface area contributed by atoms with Gasteiger partial charge in [0.1, 0.15) is 34.2 Å². The maximum atomic E-state index is 15.4. The van der Waals surface area contributed by atoms with E-state index in [9.17, 15) is 20.1 Å². The molecule has 1 unspecified atom stereocenters. The number of aromatic nitrogens is 2. The normalized spacial score (nSPS) is 17.1. The Hall–Kier alpha value is -4.89. The molecule has 52 heavy (non-hydrogen) atoms. The van der Waals surface area contributed by atoms with Crippen LogP contribution in [-0.4, -0.2) is 57.1 Å². The number of nitrogens with one attached hydrogen (secondary N) is 1. The predicted molar refractivity (Wildman–Crippen MR) is 196 cm³/mol. The van der Waals surface area contributed by atoms with Crippen LogP contribution in [-0.2, 0) is 27.4 Å². The predicted octanol–water partition coefficient (Wildman–Crippen LogP) is 9.16. The number of hydrogen-bond acceptors (Lipinski definition) is 11. The van der Waals surface area contributed by atoms with E-state index in [0.29, 0.717) is 46.3 Å². The monoisotopic (exact) mass is 745 g/mol. The Morgan fingerprint density at radius 3 is 2.46 bits per heavy atom. The third-order valence-electron chi connectivity index (χ3n) is 8.41. The van der Waals surface area contributed by atoms with Gasteiger partial charge in [-0.2, -0.15) is 15.5 Å². The van der Waals surface area contributed by atoms with Crippen LogP contribution in [0.2, 0.25) is 5.02 Å². The van der Waals surface area contributed by atoms with E-state index >= 15 is 4.39 Å². The van der Waals surface area contributed by atoms with Crippen LogP contribution >= 0.6 is 22.9 Å². The lowest BCUT2D eigenvalue weighted by Gasteiger charge is -2.27. The number of anilines is 1. The molecule has 0 spiro atoms. The number of fused-ring (bicyclic) bond motifs is 4. The first-order chi connectivity index (χ1) is 24.5. The second kappa shape index (κ2) is 13.9. The van der Waals surface area contributed by atoms with Gasteiger partial charge in [0.25, 0.3) is 0 Å². The fraction of sp³-hybridized carbons (Fsp3) is 0.432. The Morgan fingerprint density at radius 1 is 1.08 bits per heavy atom. The summed E-state index contributed by atoms with van der Waals surface area (Å²) in [5.74, 6) is -0.361. The highest BCUT2D eigenvalue weighted by molar-refractivity contribution is 7.23. The number of nitrogens with zero attached hydrogens (tertiary/aromatic N) is 6. The van der Waals surface area contributed by atoms with Crippen molar-refractivity contribution in [2.24, 2.45) is 10.9 Å². The molecular weight excluding hydrogens is 709 g/mol. The molecule has 1 atom stereocenters. The molecule has 270 valence electrons. The highest BCUT2D eigenvalue weighted by Crippen LogP contribution is 2.49. The summed E-state index contributed by atoms with van der Waals surface area (Å²) in [6, 6.07) is 6.94. The summed E-state index contributed by atoms with van der Waals surface area (Å²) in [5, 5.41) is 23.9. The molecule has 0 bridgehead atoms. The minimum Gasteiger partial charge on any atom is -0.444 e. The second-order valence-electron chi connectivity index (χ2n) is 14.9. The van der Waals surface area contributed by atoms with Crippen LogP contribution in [0.1, 0.15) is 83.8 Å². The lowest BCUT2D eigenvalue weighted by atomic mass is 9.91. The van der Waals surface area contributed by atoms with Crippen molar-refractivity contribution in [2.45, 2.75) is 85.7 Å². The molecule has 1 saturated heterocycles. The minimum atomic E-state index is -0.803. The van der Waals surface area contributed by atoms with E-state index in [1.807, 2.05) is 26.8 Å². The number of carbonyl (C=O) groups excluding carboxylic acids is 2. The number of aliphatic imine (C=N–C) groups is 1. The van der Waals surface area contributed by atoms with Crippen LogP contribution in [0.5, 0.6) is 0 Å². The molecule has 2 aromatic carbocycles. The Morgan fingerprint density at radius 2 is 1.79 bits per heavy atom. The number of amides is 2. The zero-order valence-electron chi connectivity index (χ0n) is 29.9. The molecule has 2 amide bonds. The standard InChI is InChI=1S/C37H37ClFN7O5S/c1-18-8-9-19(15-46(14-18)35(48)51-37(5,6)7)42-32-28-23-17-49-16-22(23)26(29(38)30(28)43-25(13-41)44-32)20-10-11-24(39)31-27(20)21(12-40)33(52-31)45-34(47)50-36(2,3)4/h10-11,18H,8-9,14-17H2,1-7H3,(H,45,47)/b42-19+. The van der Waals surface area contributed by atoms with Crippen LogP contribution in [0.15, 0.2) is 17.1 Å². The van der Waals surface area contributed by atoms with E-state index in [1.165, 1.54) is 12.1 Å². The summed E-state index contributed by atoms with van der Waals surface area (Å²) in [5.41, 5.74) is 1.69. The van der Waals surface area contributed by atoms with Crippen molar-refractivity contribution in [1.82, 2.24) is 14.9 Å². The Labute approximate surface area is 309 Å². The largest absolute Gasteiger partial charge is 0.444 e.